The molecule has 0 aromatic heterocycles. The van der Waals surface area contributed by atoms with E-state index in [2.05, 4.69) is 20.8 Å². The maximum Gasteiger partial charge on any atom is 0.300 e. The molecule has 4 aromatic rings. The van der Waals surface area contributed by atoms with E-state index in [0.29, 0.717) is 29.4 Å². The first kappa shape index (κ1) is 28.7. The molecule has 0 bridgehead atoms. The van der Waals surface area contributed by atoms with E-state index in [1.54, 1.807) is 49.6 Å². The first-order chi connectivity index (χ1) is 20.1. The molecule has 1 aliphatic rings. The maximum absolute atomic E-state index is 13.6. The van der Waals surface area contributed by atoms with Crippen molar-refractivity contribution in [2.75, 3.05) is 12.0 Å². The Balaban J connectivity index is 1.57. The summed E-state index contributed by atoms with van der Waals surface area (Å²) in [5, 5.41) is 11.6. The number of amides is 1. The van der Waals surface area contributed by atoms with Crippen molar-refractivity contribution in [1.29, 1.82) is 0 Å². The number of aryl methyl sites for hydroxylation is 1. The molecular formula is C36H35NO5. The highest BCUT2D eigenvalue weighted by Gasteiger charge is 2.47. The molecule has 1 saturated heterocycles. The number of nitrogens with zero attached hydrogens (tertiary/aromatic N) is 1. The van der Waals surface area contributed by atoms with Crippen LogP contribution < -0.4 is 14.4 Å². The Bertz CT molecular complexity index is 1630. The fraction of sp³-hybridized carbons (Fsp3) is 0.222. The van der Waals surface area contributed by atoms with Gasteiger partial charge in [0.25, 0.3) is 11.7 Å². The summed E-state index contributed by atoms with van der Waals surface area (Å²) in [6.45, 7) is 8.67. The Morgan fingerprint density at radius 2 is 1.55 bits per heavy atom. The molecule has 5 rings (SSSR count). The Morgan fingerprint density at radius 3 is 2.14 bits per heavy atom. The molecule has 1 heterocycles. The molecule has 0 saturated carbocycles. The lowest BCUT2D eigenvalue weighted by Gasteiger charge is -2.26. The van der Waals surface area contributed by atoms with Gasteiger partial charge in [0.2, 0.25) is 0 Å². The van der Waals surface area contributed by atoms with E-state index < -0.39 is 17.7 Å². The lowest BCUT2D eigenvalue weighted by Crippen LogP contribution is -2.29. The van der Waals surface area contributed by atoms with Crippen molar-refractivity contribution in [3.05, 3.63) is 130 Å². The molecule has 42 heavy (non-hydrogen) atoms. The van der Waals surface area contributed by atoms with Gasteiger partial charge in [-0.25, -0.2) is 0 Å². The number of ketones is 1. The first-order valence-corrected chi connectivity index (χ1v) is 13.9. The Hall–Kier alpha value is -4.84. The molecule has 1 fully saturated rings. The molecular weight excluding hydrogens is 526 g/mol. The number of aliphatic hydroxyl groups excluding tert-OH is 1. The van der Waals surface area contributed by atoms with Crippen LogP contribution in [0.1, 0.15) is 54.6 Å². The molecule has 214 valence electrons. The minimum absolute atomic E-state index is 0.0386. The minimum atomic E-state index is -0.818. The summed E-state index contributed by atoms with van der Waals surface area (Å²) in [6.07, 6.45) is 0. The topological polar surface area (TPSA) is 76.1 Å². The highest BCUT2D eigenvalue weighted by atomic mass is 16.5. The van der Waals surface area contributed by atoms with Crippen molar-refractivity contribution in [3.8, 4) is 11.5 Å². The first-order valence-electron chi connectivity index (χ1n) is 13.9. The van der Waals surface area contributed by atoms with Crippen molar-refractivity contribution in [2.45, 2.75) is 45.8 Å². The van der Waals surface area contributed by atoms with Crippen molar-refractivity contribution in [1.82, 2.24) is 0 Å². The predicted octanol–water partition coefficient (Wildman–Crippen LogP) is 7.51. The van der Waals surface area contributed by atoms with Crippen LogP contribution in [0.5, 0.6) is 11.5 Å². The fourth-order valence-corrected chi connectivity index (χ4v) is 5.17. The summed E-state index contributed by atoms with van der Waals surface area (Å²) in [6, 6.07) is 29.1. The van der Waals surface area contributed by atoms with Gasteiger partial charge in [-0.15, -0.1) is 0 Å². The van der Waals surface area contributed by atoms with Crippen LogP contribution in [0, 0.1) is 6.92 Å². The van der Waals surface area contributed by atoms with Gasteiger partial charge in [-0.2, -0.15) is 0 Å². The van der Waals surface area contributed by atoms with E-state index in [9.17, 15) is 14.7 Å². The third kappa shape index (κ3) is 5.66. The van der Waals surface area contributed by atoms with Gasteiger partial charge in [-0.1, -0.05) is 75.4 Å². The predicted molar refractivity (Wildman–Crippen MR) is 165 cm³/mol. The Morgan fingerprint density at radius 1 is 0.881 bits per heavy atom. The highest BCUT2D eigenvalue weighted by Crippen LogP contribution is 2.43. The molecule has 6 heteroatoms. The molecule has 4 aromatic carbocycles. The van der Waals surface area contributed by atoms with Crippen molar-refractivity contribution in [3.63, 3.8) is 0 Å². The van der Waals surface area contributed by atoms with Crippen molar-refractivity contribution in [2.24, 2.45) is 0 Å². The zero-order chi connectivity index (χ0) is 30.0. The number of anilines is 1. The Kier molecular flexibility index (Phi) is 7.90. The van der Waals surface area contributed by atoms with E-state index in [0.717, 1.165) is 22.3 Å². The number of Topliss-reactive ketones (excluding diaryl/α,β-unsaturated/α-hetero) is 1. The van der Waals surface area contributed by atoms with E-state index in [1.165, 1.54) is 4.90 Å². The minimum Gasteiger partial charge on any atom is -0.507 e. The summed E-state index contributed by atoms with van der Waals surface area (Å²) in [5.41, 5.74) is 4.61. The number of ether oxygens (including phenoxy) is 2. The van der Waals surface area contributed by atoms with Crippen LogP contribution in [0.4, 0.5) is 5.69 Å². The van der Waals surface area contributed by atoms with Gasteiger partial charge in [-0.05, 0) is 77.1 Å². The van der Waals surface area contributed by atoms with Gasteiger partial charge in [0.1, 0.15) is 23.9 Å². The summed E-state index contributed by atoms with van der Waals surface area (Å²) in [5.74, 6) is -0.372. The smallest absolute Gasteiger partial charge is 0.300 e. The number of carbonyl (C=O) groups excluding carboxylic acids is 2. The van der Waals surface area contributed by atoms with Crippen molar-refractivity contribution >= 4 is 23.1 Å². The van der Waals surface area contributed by atoms with Gasteiger partial charge < -0.3 is 14.6 Å². The molecule has 0 spiro atoms. The largest absolute Gasteiger partial charge is 0.507 e. The number of benzene rings is 4. The summed E-state index contributed by atoms with van der Waals surface area (Å²) in [7, 11) is 1.57. The van der Waals surface area contributed by atoms with Crippen LogP contribution in [-0.4, -0.2) is 23.9 Å². The van der Waals surface area contributed by atoms with Crippen LogP contribution >= 0.6 is 0 Å². The second-order valence-corrected chi connectivity index (χ2v) is 11.5. The van der Waals surface area contributed by atoms with E-state index in [1.807, 2.05) is 61.5 Å². The zero-order valence-electron chi connectivity index (χ0n) is 24.5. The third-order valence-corrected chi connectivity index (χ3v) is 7.57. The van der Waals surface area contributed by atoms with E-state index in [-0.39, 0.29) is 16.7 Å². The quantitative estimate of drug-likeness (QED) is 0.144. The van der Waals surface area contributed by atoms with Gasteiger partial charge in [-0.3, -0.25) is 14.5 Å². The molecule has 1 aliphatic heterocycles. The molecule has 1 N–H and O–H groups in total. The molecule has 0 radical (unpaired) electrons. The number of methoxy groups -OCH3 is 1. The van der Waals surface area contributed by atoms with Gasteiger partial charge in [0, 0.05) is 11.3 Å². The van der Waals surface area contributed by atoms with Crippen molar-refractivity contribution < 1.29 is 24.2 Å². The van der Waals surface area contributed by atoms with Crippen LogP contribution in [-0.2, 0) is 21.6 Å². The fourth-order valence-electron chi connectivity index (χ4n) is 5.17. The standard InChI is InChI=1S/C36H35NO5/c1-23-21-26(13-20-30(23)42-22-24-9-7-6-8-10-24)33(38)31-32(25-11-14-27(15-12-25)36(2,3)4)37(35(40)34(31)39)28-16-18-29(41-5)19-17-28/h6-21,32,38H,22H2,1-5H3/b33-31-. The number of hydrogen-bond donors (Lipinski definition) is 1. The number of hydrogen-bond acceptors (Lipinski definition) is 5. The van der Waals surface area contributed by atoms with Gasteiger partial charge >= 0.3 is 0 Å². The molecule has 1 unspecified atom stereocenters. The highest BCUT2D eigenvalue weighted by molar-refractivity contribution is 6.51. The monoisotopic (exact) mass is 561 g/mol. The number of aliphatic hydroxyl groups is 1. The maximum atomic E-state index is 13.6. The second-order valence-electron chi connectivity index (χ2n) is 11.5. The summed E-state index contributed by atoms with van der Waals surface area (Å²) < 4.78 is 11.3. The van der Waals surface area contributed by atoms with Gasteiger partial charge in [0.15, 0.2) is 0 Å². The summed E-state index contributed by atoms with van der Waals surface area (Å²) in [4.78, 5) is 28.6. The normalized spacial score (nSPS) is 16.5. The average molecular weight is 562 g/mol. The molecule has 1 atom stereocenters. The average Bonchev–Trinajstić information content (AvgIpc) is 3.26. The number of rotatable bonds is 7. The van der Waals surface area contributed by atoms with Crippen LogP contribution in [0.2, 0.25) is 0 Å². The van der Waals surface area contributed by atoms with Gasteiger partial charge in [0.05, 0.1) is 18.7 Å². The second kappa shape index (κ2) is 11.6. The van der Waals surface area contributed by atoms with Crippen LogP contribution in [0.15, 0.2) is 103 Å². The lowest BCUT2D eigenvalue weighted by atomic mass is 9.85. The summed E-state index contributed by atoms with van der Waals surface area (Å²) >= 11 is 0. The third-order valence-electron chi connectivity index (χ3n) is 7.57. The lowest BCUT2D eigenvalue weighted by molar-refractivity contribution is -0.132. The van der Waals surface area contributed by atoms with E-state index >= 15 is 0 Å². The van der Waals surface area contributed by atoms with E-state index in [4.69, 9.17) is 9.47 Å². The number of carbonyl (C=O) groups is 2. The molecule has 6 nitrogen and oxygen atoms in total. The molecule has 1 amide bonds. The van der Waals surface area contributed by atoms with Crippen LogP contribution in [0.3, 0.4) is 0 Å². The zero-order valence-corrected chi connectivity index (χ0v) is 24.5. The SMILES string of the molecule is COc1ccc(N2C(=O)C(=O)/C(=C(\O)c3ccc(OCc4ccccc4)c(C)c3)C2c2ccc(C(C)(C)C)cc2)cc1. The van der Waals surface area contributed by atoms with Crippen LogP contribution in [0.25, 0.3) is 5.76 Å². The Labute approximate surface area is 246 Å². The molecule has 0 aliphatic carbocycles.